The maximum Gasteiger partial charge on any atom is 0.321 e. The number of carbonyl (C=O) groups is 2. The summed E-state index contributed by atoms with van der Waals surface area (Å²) in [5, 5.41) is 14.3. The van der Waals surface area contributed by atoms with E-state index in [1.807, 2.05) is 4.72 Å². The van der Waals surface area contributed by atoms with Crippen LogP contribution in [0.2, 0.25) is 5.02 Å². The van der Waals surface area contributed by atoms with Gasteiger partial charge in [-0.2, -0.15) is 4.72 Å². The normalized spacial score (nSPS) is 12.0. The number of anilines is 2. The average Bonchev–Trinajstić information content (AvgIpc) is 2.73. The summed E-state index contributed by atoms with van der Waals surface area (Å²) >= 11 is 5.77. The fourth-order valence-corrected chi connectivity index (χ4v) is 3.62. The van der Waals surface area contributed by atoms with Crippen LogP contribution in [0.15, 0.2) is 47.4 Å². The molecule has 172 valence electrons. The molecule has 2 aromatic carbocycles. The molecule has 1 amide bonds. The summed E-state index contributed by atoms with van der Waals surface area (Å²) in [6.45, 7) is 0.547. The van der Waals surface area contributed by atoms with Crippen LogP contribution in [0.3, 0.4) is 0 Å². The third kappa shape index (κ3) is 6.64. The molecule has 0 spiro atoms. The van der Waals surface area contributed by atoms with Gasteiger partial charge in [-0.3, -0.25) is 19.7 Å². The van der Waals surface area contributed by atoms with Gasteiger partial charge in [0.1, 0.15) is 12.2 Å². The maximum atomic E-state index is 12.4. The first-order chi connectivity index (χ1) is 14.9. The number of nitrogens with one attached hydrogen (secondary N) is 2. The van der Waals surface area contributed by atoms with Gasteiger partial charge in [0.25, 0.3) is 11.6 Å². The molecule has 0 aliphatic rings. The van der Waals surface area contributed by atoms with Crippen LogP contribution < -0.4 is 14.9 Å². The highest BCUT2D eigenvalue weighted by molar-refractivity contribution is 7.89. The number of nitrogens with zero attached hydrogens (tertiary/aromatic N) is 2. The Morgan fingerprint density at radius 3 is 2.38 bits per heavy atom. The molecule has 0 aromatic heterocycles. The number of carbonyl (C=O) groups excluding carboxylic acids is 2. The first-order valence-corrected chi connectivity index (χ1v) is 11.0. The summed E-state index contributed by atoms with van der Waals surface area (Å²) in [6, 6.07) is 9.61. The molecule has 11 nitrogen and oxygen atoms in total. The van der Waals surface area contributed by atoms with Gasteiger partial charge < -0.3 is 15.0 Å². The molecule has 0 heterocycles. The van der Waals surface area contributed by atoms with E-state index < -0.39 is 50.1 Å². The molecule has 0 radical (unpaired) electrons. The lowest BCUT2D eigenvalue weighted by Gasteiger charge is -2.15. The van der Waals surface area contributed by atoms with E-state index in [4.69, 9.17) is 16.3 Å². The summed E-state index contributed by atoms with van der Waals surface area (Å²) in [4.78, 5) is 35.7. The second-order valence-corrected chi connectivity index (χ2v) is 8.96. The lowest BCUT2D eigenvalue weighted by atomic mass is 10.2. The number of esters is 1. The van der Waals surface area contributed by atoms with Crippen LogP contribution in [0.25, 0.3) is 0 Å². The zero-order chi connectivity index (χ0) is 24.1. The van der Waals surface area contributed by atoms with Crippen molar-refractivity contribution in [3.63, 3.8) is 0 Å². The fraction of sp³-hybridized carbons (Fsp3) is 0.263. The number of hydrogen-bond acceptors (Lipinski definition) is 8. The highest BCUT2D eigenvalue weighted by atomic mass is 35.5. The maximum absolute atomic E-state index is 12.4. The van der Waals surface area contributed by atoms with Crippen LogP contribution in [0.5, 0.6) is 0 Å². The second-order valence-electron chi connectivity index (χ2n) is 6.75. The minimum atomic E-state index is -4.25. The van der Waals surface area contributed by atoms with Crippen LogP contribution in [-0.2, 0) is 24.3 Å². The van der Waals surface area contributed by atoms with Crippen LogP contribution in [-0.4, -0.2) is 52.0 Å². The summed E-state index contributed by atoms with van der Waals surface area (Å²) in [7, 11) is -1.09. The van der Waals surface area contributed by atoms with E-state index in [-0.39, 0.29) is 5.69 Å². The molecule has 0 saturated heterocycles. The van der Waals surface area contributed by atoms with Gasteiger partial charge in [0.05, 0.1) is 9.82 Å². The molecule has 2 rings (SSSR count). The Morgan fingerprint density at radius 1 is 1.19 bits per heavy atom. The Morgan fingerprint density at radius 2 is 1.81 bits per heavy atom. The Kier molecular flexibility index (Phi) is 8.14. The predicted molar refractivity (Wildman–Crippen MR) is 118 cm³/mol. The predicted octanol–water partition coefficient (Wildman–Crippen LogP) is 2.16. The number of nitro benzene ring substituents is 1. The third-order valence-electron chi connectivity index (χ3n) is 4.13. The van der Waals surface area contributed by atoms with Crippen LogP contribution >= 0.6 is 11.6 Å². The molecule has 0 bridgehead atoms. The van der Waals surface area contributed by atoms with Gasteiger partial charge in [-0.25, -0.2) is 8.42 Å². The molecule has 1 atom stereocenters. The van der Waals surface area contributed by atoms with Gasteiger partial charge in [-0.1, -0.05) is 11.6 Å². The molecule has 0 saturated carbocycles. The number of hydrogen-bond donors (Lipinski definition) is 2. The van der Waals surface area contributed by atoms with Crippen molar-refractivity contribution < 1.29 is 27.7 Å². The zero-order valence-corrected chi connectivity index (χ0v) is 18.9. The molecule has 1 unspecified atom stereocenters. The van der Waals surface area contributed by atoms with Gasteiger partial charge in [0.15, 0.2) is 6.10 Å². The molecule has 32 heavy (non-hydrogen) atoms. The molecule has 0 fully saturated rings. The van der Waals surface area contributed by atoms with Crippen LogP contribution in [0.4, 0.5) is 17.1 Å². The van der Waals surface area contributed by atoms with Crippen molar-refractivity contribution in [3.05, 3.63) is 57.6 Å². The van der Waals surface area contributed by atoms with Crippen molar-refractivity contribution in [3.8, 4) is 0 Å². The van der Waals surface area contributed by atoms with E-state index >= 15 is 0 Å². The monoisotopic (exact) mass is 484 g/mol. The summed E-state index contributed by atoms with van der Waals surface area (Å²) in [6.07, 6.45) is -1.21. The quantitative estimate of drug-likeness (QED) is 0.312. The van der Waals surface area contributed by atoms with E-state index in [1.54, 1.807) is 38.4 Å². The Bertz CT molecular complexity index is 1120. The van der Waals surface area contributed by atoms with Gasteiger partial charge in [-0.05, 0) is 43.3 Å². The molecule has 0 aliphatic heterocycles. The summed E-state index contributed by atoms with van der Waals surface area (Å²) in [5.74, 6) is -1.63. The van der Waals surface area contributed by atoms with Crippen molar-refractivity contribution in [1.29, 1.82) is 0 Å². The highest BCUT2D eigenvalue weighted by Crippen LogP contribution is 2.29. The minimum Gasteiger partial charge on any atom is -0.452 e. The van der Waals surface area contributed by atoms with E-state index in [0.717, 1.165) is 6.07 Å². The summed E-state index contributed by atoms with van der Waals surface area (Å²) < 4.78 is 31.8. The standard InChI is InChI=1S/C19H21ClN4O7S/c1-12(19(26)22-14-6-4-13(20)5-7-14)31-18(25)11-21-32(29,30)15-8-9-16(23(2)3)17(10-15)24(27)28/h4-10,12,21H,11H2,1-3H3,(H,22,26). The van der Waals surface area contributed by atoms with Gasteiger partial charge in [-0.15, -0.1) is 0 Å². The number of ether oxygens (including phenoxy) is 1. The second kappa shape index (κ2) is 10.4. The fourth-order valence-electron chi connectivity index (χ4n) is 2.50. The van der Waals surface area contributed by atoms with E-state index in [0.29, 0.717) is 10.7 Å². The molecule has 2 aromatic rings. The van der Waals surface area contributed by atoms with Crippen molar-refractivity contribution in [2.75, 3.05) is 30.9 Å². The Hall–Kier alpha value is -3.22. The Labute approximate surface area is 189 Å². The van der Waals surface area contributed by atoms with Gasteiger partial charge in [0.2, 0.25) is 10.0 Å². The number of amides is 1. The lowest BCUT2D eigenvalue weighted by molar-refractivity contribution is -0.384. The van der Waals surface area contributed by atoms with Gasteiger partial charge >= 0.3 is 5.97 Å². The van der Waals surface area contributed by atoms with E-state index in [2.05, 4.69) is 5.32 Å². The average molecular weight is 485 g/mol. The molecule has 2 N–H and O–H groups in total. The number of sulfonamides is 1. The van der Waals surface area contributed by atoms with Crippen molar-refractivity contribution in [1.82, 2.24) is 4.72 Å². The molecule has 0 aliphatic carbocycles. The van der Waals surface area contributed by atoms with E-state index in [1.165, 1.54) is 24.0 Å². The topological polar surface area (TPSA) is 148 Å². The number of benzene rings is 2. The van der Waals surface area contributed by atoms with E-state index in [9.17, 15) is 28.1 Å². The molecule has 13 heteroatoms. The number of nitro groups is 1. The van der Waals surface area contributed by atoms with Crippen LogP contribution in [0, 0.1) is 10.1 Å². The van der Waals surface area contributed by atoms with Crippen molar-refractivity contribution in [2.24, 2.45) is 0 Å². The smallest absolute Gasteiger partial charge is 0.321 e. The molecular formula is C19H21ClN4O7S. The first-order valence-electron chi connectivity index (χ1n) is 9.12. The van der Waals surface area contributed by atoms with Gasteiger partial charge in [0, 0.05) is 30.9 Å². The first kappa shape index (κ1) is 25.0. The number of rotatable bonds is 9. The van der Waals surface area contributed by atoms with Crippen molar-refractivity contribution in [2.45, 2.75) is 17.9 Å². The lowest BCUT2D eigenvalue weighted by Crippen LogP contribution is -2.35. The highest BCUT2D eigenvalue weighted by Gasteiger charge is 2.24. The SMILES string of the molecule is CC(OC(=O)CNS(=O)(=O)c1ccc(N(C)C)c([N+](=O)[O-])c1)C(=O)Nc1ccc(Cl)cc1. The van der Waals surface area contributed by atoms with Crippen molar-refractivity contribution >= 4 is 50.6 Å². The zero-order valence-electron chi connectivity index (χ0n) is 17.4. The Balaban J connectivity index is 1.99. The third-order valence-corrected chi connectivity index (χ3v) is 5.78. The minimum absolute atomic E-state index is 0.217. The molecular weight excluding hydrogens is 464 g/mol. The summed E-state index contributed by atoms with van der Waals surface area (Å²) in [5.41, 5.74) is 0.243. The number of halogens is 1. The van der Waals surface area contributed by atoms with Crippen LogP contribution in [0.1, 0.15) is 6.92 Å². The largest absolute Gasteiger partial charge is 0.452 e.